The molecule has 1 aliphatic heterocycles. The number of carbonyl (C=O) groups excluding carboxylic acids is 1. The maximum absolute atomic E-state index is 11.9. The maximum Gasteiger partial charge on any atom is 0.373 e. The van der Waals surface area contributed by atoms with Crippen molar-refractivity contribution >= 4 is 11.7 Å². The zero-order chi connectivity index (χ0) is 16.3. The molecule has 122 valence electrons. The van der Waals surface area contributed by atoms with Gasteiger partial charge in [-0.1, -0.05) is 0 Å². The molecule has 2 rings (SSSR count). The van der Waals surface area contributed by atoms with Crippen LogP contribution in [0.1, 0.15) is 31.1 Å². The van der Waals surface area contributed by atoms with Gasteiger partial charge >= 0.3 is 5.97 Å². The number of benzene rings is 1. The fourth-order valence-corrected chi connectivity index (χ4v) is 2.27. The van der Waals surface area contributed by atoms with Gasteiger partial charge in [-0.05, 0) is 52.1 Å². The van der Waals surface area contributed by atoms with Crippen molar-refractivity contribution in [1.29, 1.82) is 0 Å². The summed E-state index contributed by atoms with van der Waals surface area (Å²) in [5, 5.41) is 0. The average molecular weight is 307 g/mol. The topological polar surface area (TPSA) is 68.0 Å². The van der Waals surface area contributed by atoms with E-state index in [0.29, 0.717) is 5.56 Å². The van der Waals surface area contributed by atoms with Crippen molar-refractivity contribution in [3.63, 3.8) is 0 Å². The normalized spacial score (nSPS) is 20.0. The Kier molecular flexibility index (Phi) is 5.05. The number of hydrogen-bond acceptors (Lipinski definition) is 6. The van der Waals surface area contributed by atoms with Gasteiger partial charge in [0.15, 0.2) is 0 Å². The van der Waals surface area contributed by atoms with E-state index in [1.54, 1.807) is 12.1 Å². The highest BCUT2D eigenvalue weighted by Gasteiger charge is 2.22. The summed E-state index contributed by atoms with van der Waals surface area (Å²) in [5.41, 5.74) is 7.10. The molecule has 1 aliphatic rings. The number of carbonyl (C=O) groups is 1. The van der Waals surface area contributed by atoms with Crippen molar-refractivity contribution in [2.45, 2.75) is 32.5 Å². The predicted octanol–water partition coefficient (Wildman–Crippen LogP) is 1.61. The lowest BCUT2D eigenvalue weighted by molar-refractivity contribution is -0.301. The Morgan fingerprint density at radius 1 is 1.23 bits per heavy atom. The van der Waals surface area contributed by atoms with Crippen molar-refractivity contribution in [2.75, 3.05) is 31.6 Å². The van der Waals surface area contributed by atoms with Gasteiger partial charge < -0.3 is 15.5 Å². The molecule has 1 aromatic carbocycles. The summed E-state index contributed by atoms with van der Waals surface area (Å²) in [6, 6.07) is 7.24. The molecule has 0 bridgehead atoms. The van der Waals surface area contributed by atoms with Crippen LogP contribution in [0.3, 0.4) is 0 Å². The minimum atomic E-state index is -0.526. The first-order valence-electron chi connectivity index (χ1n) is 7.47. The van der Waals surface area contributed by atoms with Gasteiger partial charge in [-0.3, -0.25) is 4.89 Å². The maximum atomic E-state index is 11.9. The number of hydrogen-bond donors (Lipinski definition) is 1. The second kappa shape index (κ2) is 6.64. The van der Waals surface area contributed by atoms with Gasteiger partial charge in [0.1, 0.15) is 5.60 Å². The van der Waals surface area contributed by atoms with Crippen LogP contribution in [-0.4, -0.2) is 49.3 Å². The van der Waals surface area contributed by atoms with Crippen molar-refractivity contribution in [2.24, 2.45) is 5.73 Å². The third-order valence-corrected chi connectivity index (χ3v) is 3.42. The highest BCUT2D eigenvalue weighted by atomic mass is 17.2. The van der Waals surface area contributed by atoms with Gasteiger partial charge in [0.2, 0.25) is 0 Å². The van der Waals surface area contributed by atoms with Crippen LogP contribution in [-0.2, 0) is 9.78 Å². The zero-order valence-electron chi connectivity index (χ0n) is 13.7. The summed E-state index contributed by atoms with van der Waals surface area (Å²) in [5.74, 6) is -0.496. The Morgan fingerprint density at radius 2 is 1.86 bits per heavy atom. The van der Waals surface area contributed by atoms with E-state index in [2.05, 4.69) is 16.8 Å². The first kappa shape index (κ1) is 16.7. The van der Waals surface area contributed by atoms with Gasteiger partial charge in [-0.2, -0.15) is 4.89 Å². The molecule has 1 atom stereocenters. The third kappa shape index (κ3) is 4.43. The van der Waals surface area contributed by atoms with Crippen molar-refractivity contribution in [3.05, 3.63) is 29.8 Å². The van der Waals surface area contributed by atoms with E-state index in [4.69, 9.17) is 15.5 Å². The molecule has 1 saturated heterocycles. The van der Waals surface area contributed by atoms with Crippen LogP contribution in [0.5, 0.6) is 0 Å². The second-order valence-corrected chi connectivity index (χ2v) is 6.64. The summed E-state index contributed by atoms with van der Waals surface area (Å²) in [6.07, 6.45) is -0.0409. The number of rotatable bonds is 3. The molecule has 6 nitrogen and oxygen atoms in total. The molecule has 2 N–H and O–H groups in total. The molecule has 22 heavy (non-hydrogen) atoms. The lowest BCUT2D eigenvalue weighted by Gasteiger charge is -2.39. The Bertz CT molecular complexity index is 510. The Morgan fingerprint density at radius 3 is 2.41 bits per heavy atom. The molecule has 1 aromatic rings. The quantitative estimate of drug-likeness (QED) is 0.676. The van der Waals surface area contributed by atoms with E-state index in [1.165, 1.54) is 0 Å². The standard InChI is InChI=1S/C16H25N3O3/c1-16(2,3)22-21-15(20)12-5-7-13(8-6-12)19-10-9-18(4)11-14(19)17/h5-8,14H,9-11,17H2,1-4H3. The predicted molar refractivity (Wildman–Crippen MR) is 85.5 cm³/mol. The van der Waals surface area contributed by atoms with Crippen LogP contribution in [0.4, 0.5) is 5.69 Å². The Labute approximate surface area is 131 Å². The first-order chi connectivity index (χ1) is 10.3. The Balaban J connectivity index is 1.99. The van der Waals surface area contributed by atoms with Crippen molar-refractivity contribution < 1.29 is 14.6 Å². The zero-order valence-corrected chi connectivity index (χ0v) is 13.7. The van der Waals surface area contributed by atoms with Crippen LogP contribution in [0.25, 0.3) is 0 Å². The monoisotopic (exact) mass is 307 g/mol. The minimum Gasteiger partial charge on any atom is -0.354 e. The van der Waals surface area contributed by atoms with Gasteiger partial charge in [0.25, 0.3) is 0 Å². The molecule has 0 aromatic heterocycles. The lowest BCUT2D eigenvalue weighted by Crippen LogP contribution is -2.56. The number of piperazine rings is 1. The third-order valence-electron chi connectivity index (χ3n) is 3.42. The fraction of sp³-hybridized carbons (Fsp3) is 0.562. The SMILES string of the molecule is CN1CCN(c2ccc(C(=O)OOC(C)(C)C)cc2)C(N)C1. The van der Waals surface area contributed by atoms with Gasteiger partial charge in [0.05, 0.1) is 11.7 Å². The molecule has 6 heteroatoms. The molecule has 0 aliphatic carbocycles. The van der Waals surface area contributed by atoms with Crippen LogP contribution in [0.15, 0.2) is 24.3 Å². The largest absolute Gasteiger partial charge is 0.373 e. The molecular formula is C16H25N3O3. The molecule has 1 fully saturated rings. The summed E-state index contributed by atoms with van der Waals surface area (Å²) >= 11 is 0. The van der Waals surface area contributed by atoms with E-state index in [-0.39, 0.29) is 6.17 Å². The van der Waals surface area contributed by atoms with Crippen molar-refractivity contribution in [3.8, 4) is 0 Å². The van der Waals surface area contributed by atoms with Gasteiger partial charge in [-0.15, -0.1) is 0 Å². The summed E-state index contributed by atoms with van der Waals surface area (Å²) < 4.78 is 0. The van der Waals surface area contributed by atoms with E-state index in [1.807, 2.05) is 32.9 Å². The van der Waals surface area contributed by atoms with Gasteiger partial charge in [-0.25, -0.2) is 4.79 Å². The van der Waals surface area contributed by atoms with Gasteiger partial charge in [0, 0.05) is 25.3 Å². The number of likely N-dealkylation sites (N-methyl/N-ethyl adjacent to an activating group) is 1. The fourth-order valence-electron chi connectivity index (χ4n) is 2.27. The number of nitrogens with zero attached hydrogens (tertiary/aromatic N) is 2. The van der Waals surface area contributed by atoms with E-state index < -0.39 is 11.6 Å². The summed E-state index contributed by atoms with van der Waals surface area (Å²) in [7, 11) is 2.06. The Hall–Kier alpha value is -1.63. The highest BCUT2D eigenvalue weighted by molar-refractivity contribution is 5.89. The molecule has 0 radical (unpaired) electrons. The van der Waals surface area contributed by atoms with Crippen LogP contribution in [0.2, 0.25) is 0 Å². The smallest absolute Gasteiger partial charge is 0.354 e. The summed E-state index contributed by atoms with van der Waals surface area (Å²) in [4.78, 5) is 26.1. The summed E-state index contributed by atoms with van der Waals surface area (Å²) in [6.45, 7) is 8.11. The van der Waals surface area contributed by atoms with E-state index in [0.717, 1.165) is 25.3 Å². The second-order valence-electron chi connectivity index (χ2n) is 6.64. The molecule has 1 unspecified atom stereocenters. The van der Waals surface area contributed by atoms with E-state index in [9.17, 15) is 4.79 Å². The highest BCUT2D eigenvalue weighted by Crippen LogP contribution is 2.20. The molecule has 0 saturated carbocycles. The number of nitrogens with two attached hydrogens (primary N) is 1. The molecule has 0 amide bonds. The number of anilines is 1. The molecular weight excluding hydrogens is 282 g/mol. The van der Waals surface area contributed by atoms with Crippen LogP contribution < -0.4 is 10.6 Å². The van der Waals surface area contributed by atoms with E-state index >= 15 is 0 Å². The minimum absolute atomic E-state index is 0.0409. The van der Waals surface area contributed by atoms with Crippen molar-refractivity contribution in [1.82, 2.24) is 4.90 Å². The first-order valence-corrected chi connectivity index (χ1v) is 7.47. The average Bonchev–Trinajstić information content (AvgIpc) is 2.44. The van der Waals surface area contributed by atoms with Crippen LogP contribution in [0, 0.1) is 0 Å². The van der Waals surface area contributed by atoms with Crippen LogP contribution >= 0.6 is 0 Å². The molecule has 0 spiro atoms. The lowest BCUT2D eigenvalue weighted by atomic mass is 10.1. The molecule has 1 heterocycles.